The summed E-state index contributed by atoms with van der Waals surface area (Å²) in [6.45, 7) is 0.620. The van der Waals surface area contributed by atoms with Gasteiger partial charge in [0.25, 0.3) is 0 Å². The van der Waals surface area contributed by atoms with Crippen molar-refractivity contribution >= 4 is 15.9 Å². The monoisotopic (exact) mass is 480 g/mol. The summed E-state index contributed by atoms with van der Waals surface area (Å²) in [5.41, 5.74) is 1.75. The Hall–Kier alpha value is -3.36. The molecule has 0 unspecified atom stereocenters. The minimum atomic E-state index is -3.76. The third-order valence-corrected chi connectivity index (χ3v) is 8.00. The number of amides is 1. The number of carbonyl (C=O) groups excluding carboxylic acids is 1. The lowest BCUT2D eigenvalue weighted by atomic mass is 9.87. The first-order chi connectivity index (χ1) is 16.4. The fourth-order valence-electron chi connectivity index (χ4n) is 4.33. The molecule has 1 fully saturated rings. The van der Waals surface area contributed by atoms with Crippen LogP contribution < -0.4 is 14.8 Å². The van der Waals surface area contributed by atoms with E-state index in [1.807, 2.05) is 36.4 Å². The summed E-state index contributed by atoms with van der Waals surface area (Å²) in [5.74, 6) is 0.0266. The van der Waals surface area contributed by atoms with Crippen LogP contribution in [-0.2, 0) is 21.4 Å². The van der Waals surface area contributed by atoms with Crippen molar-refractivity contribution in [2.24, 2.45) is 5.92 Å². The van der Waals surface area contributed by atoms with E-state index < -0.39 is 15.9 Å². The van der Waals surface area contributed by atoms with Gasteiger partial charge >= 0.3 is 0 Å². The van der Waals surface area contributed by atoms with Gasteiger partial charge in [0, 0.05) is 31.6 Å². The molecule has 1 aliphatic heterocycles. The van der Waals surface area contributed by atoms with E-state index in [0.717, 1.165) is 11.1 Å². The molecule has 34 heavy (non-hydrogen) atoms. The van der Waals surface area contributed by atoms with Crippen LogP contribution in [-0.4, -0.2) is 45.9 Å². The highest BCUT2D eigenvalue weighted by atomic mass is 32.2. The summed E-state index contributed by atoms with van der Waals surface area (Å²) >= 11 is 0. The number of nitrogens with one attached hydrogen (secondary N) is 1. The van der Waals surface area contributed by atoms with Crippen molar-refractivity contribution in [1.82, 2.24) is 9.62 Å². The van der Waals surface area contributed by atoms with Crippen LogP contribution in [0.3, 0.4) is 0 Å². The SMILES string of the molecule is COc1ccc([C@@H]2CN(S(=O)(=O)c3ccccc3)C[C@@H]2C(=O)NCc2ccccc2)c(OC)c1. The molecule has 3 aromatic carbocycles. The van der Waals surface area contributed by atoms with E-state index in [2.05, 4.69) is 5.32 Å². The van der Waals surface area contributed by atoms with Crippen molar-refractivity contribution in [3.05, 3.63) is 90.0 Å². The first-order valence-electron chi connectivity index (χ1n) is 11.0. The van der Waals surface area contributed by atoms with Crippen LogP contribution in [0.1, 0.15) is 17.0 Å². The van der Waals surface area contributed by atoms with E-state index in [-0.39, 0.29) is 29.8 Å². The third-order valence-electron chi connectivity index (χ3n) is 6.15. The molecule has 1 amide bonds. The lowest BCUT2D eigenvalue weighted by Gasteiger charge is -2.21. The lowest BCUT2D eigenvalue weighted by molar-refractivity contribution is -0.125. The number of hydrogen-bond acceptors (Lipinski definition) is 5. The van der Waals surface area contributed by atoms with Crippen LogP contribution >= 0.6 is 0 Å². The maximum Gasteiger partial charge on any atom is 0.243 e. The Bertz CT molecular complexity index is 1230. The largest absolute Gasteiger partial charge is 0.497 e. The predicted octanol–water partition coefficient (Wildman–Crippen LogP) is 3.42. The van der Waals surface area contributed by atoms with E-state index >= 15 is 0 Å². The van der Waals surface area contributed by atoms with Crippen molar-refractivity contribution in [2.45, 2.75) is 17.4 Å². The smallest absolute Gasteiger partial charge is 0.243 e. The highest BCUT2D eigenvalue weighted by Gasteiger charge is 2.44. The summed E-state index contributed by atoms with van der Waals surface area (Å²) in [6.07, 6.45) is 0. The molecular formula is C26H28N2O5S. The van der Waals surface area contributed by atoms with Gasteiger partial charge in [0.05, 0.1) is 25.0 Å². The number of sulfonamides is 1. The van der Waals surface area contributed by atoms with Gasteiger partial charge in [-0.3, -0.25) is 4.79 Å². The van der Waals surface area contributed by atoms with Crippen LogP contribution in [0.5, 0.6) is 11.5 Å². The van der Waals surface area contributed by atoms with Gasteiger partial charge in [0.15, 0.2) is 0 Å². The van der Waals surface area contributed by atoms with Crippen molar-refractivity contribution in [1.29, 1.82) is 0 Å². The number of rotatable bonds is 8. The molecule has 3 aromatic rings. The Kier molecular flexibility index (Phi) is 7.19. The van der Waals surface area contributed by atoms with E-state index in [1.165, 1.54) is 4.31 Å². The zero-order valence-corrected chi connectivity index (χ0v) is 20.0. The fourth-order valence-corrected chi connectivity index (χ4v) is 5.84. The molecule has 1 heterocycles. The Morgan fingerprint density at radius 1 is 0.941 bits per heavy atom. The predicted molar refractivity (Wildman–Crippen MR) is 129 cm³/mol. The zero-order chi connectivity index (χ0) is 24.1. The quantitative estimate of drug-likeness (QED) is 0.534. The number of benzene rings is 3. The van der Waals surface area contributed by atoms with Gasteiger partial charge in [0.2, 0.25) is 15.9 Å². The zero-order valence-electron chi connectivity index (χ0n) is 19.2. The van der Waals surface area contributed by atoms with Crippen molar-refractivity contribution in [3.63, 3.8) is 0 Å². The highest BCUT2D eigenvalue weighted by Crippen LogP contribution is 2.41. The second kappa shape index (κ2) is 10.3. The normalized spacial score (nSPS) is 18.4. The first kappa shape index (κ1) is 23.8. The molecule has 0 aliphatic carbocycles. The molecule has 1 saturated heterocycles. The second-order valence-corrected chi connectivity index (χ2v) is 10.1. The standard InChI is InChI=1S/C26H28N2O5S/c1-32-20-13-14-22(25(15-20)33-2)23-17-28(34(30,31)21-11-7-4-8-12-21)18-24(23)26(29)27-16-19-9-5-3-6-10-19/h3-15,23-24H,16-18H2,1-2H3,(H,27,29)/t23-,24-/m0/s1. The summed E-state index contributed by atoms with van der Waals surface area (Å²) in [7, 11) is -0.638. The number of carbonyl (C=O) groups is 1. The van der Waals surface area contributed by atoms with Gasteiger partial charge in [-0.05, 0) is 29.3 Å². The molecule has 0 bridgehead atoms. The van der Waals surface area contributed by atoms with Crippen LogP contribution in [0.4, 0.5) is 0 Å². The molecule has 0 spiro atoms. The lowest BCUT2D eigenvalue weighted by Crippen LogP contribution is -2.35. The molecule has 7 nitrogen and oxygen atoms in total. The van der Waals surface area contributed by atoms with Crippen LogP contribution in [0.15, 0.2) is 83.8 Å². The number of ether oxygens (including phenoxy) is 2. The Balaban J connectivity index is 1.65. The number of nitrogens with zero attached hydrogens (tertiary/aromatic N) is 1. The van der Waals surface area contributed by atoms with E-state index in [9.17, 15) is 13.2 Å². The number of methoxy groups -OCH3 is 2. The summed E-state index contributed by atoms with van der Waals surface area (Å²) in [6, 6.07) is 23.3. The molecule has 0 radical (unpaired) electrons. The minimum Gasteiger partial charge on any atom is -0.497 e. The van der Waals surface area contributed by atoms with Gasteiger partial charge in [0.1, 0.15) is 11.5 Å². The average molecular weight is 481 g/mol. The maximum atomic E-state index is 13.4. The third kappa shape index (κ3) is 4.93. The molecule has 1 N–H and O–H groups in total. The molecule has 8 heteroatoms. The van der Waals surface area contributed by atoms with E-state index in [4.69, 9.17) is 9.47 Å². The van der Waals surface area contributed by atoms with Gasteiger partial charge in [-0.2, -0.15) is 4.31 Å². The highest BCUT2D eigenvalue weighted by molar-refractivity contribution is 7.89. The van der Waals surface area contributed by atoms with E-state index in [1.54, 1.807) is 56.7 Å². The van der Waals surface area contributed by atoms with Gasteiger partial charge in [-0.15, -0.1) is 0 Å². The van der Waals surface area contributed by atoms with Gasteiger partial charge < -0.3 is 14.8 Å². The summed E-state index contributed by atoms with van der Waals surface area (Å²) < 4.78 is 39.0. The number of hydrogen-bond donors (Lipinski definition) is 1. The fraction of sp³-hybridized carbons (Fsp3) is 0.269. The molecule has 4 rings (SSSR count). The molecule has 1 aliphatic rings. The Labute approximate surface area is 200 Å². The molecule has 0 aromatic heterocycles. The molecule has 0 saturated carbocycles. The van der Waals surface area contributed by atoms with Crippen molar-refractivity contribution < 1.29 is 22.7 Å². The molecule has 2 atom stereocenters. The average Bonchev–Trinajstić information content (AvgIpc) is 3.34. The van der Waals surface area contributed by atoms with Crippen LogP contribution in [0.2, 0.25) is 0 Å². The minimum absolute atomic E-state index is 0.0811. The molecule has 178 valence electrons. The topological polar surface area (TPSA) is 84.9 Å². The first-order valence-corrected chi connectivity index (χ1v) is 12.5. The van der Waals surface area contributed by atoms with Gasteiger partial charge in [-0.25, -0.2) is 8.42 Å². The summed E-state index contributed by atoms with van der Waals surface area (Å²) in [4.78, 5) is 13.5. The second-order valence-electron chi connectivity index (χ2n) is 8.16. The van der Waals surface area contributed by atoms with Crippen LogP contribution in [0.25, 0.3) is 0 Å². The van der Waals surface area contributed by atoms with Crippen molar-refractivity contribution in [3.8, 4) is 11.5 Å². The summed E-state index contributed by atoms with van der Waals surface area (Å²) in [5, 5.41) is 2.99. The van der Waals surface area contributed by atoms with E-state index in [0.29, 0.717) is 18.0 Å². The van der Waals surface area contributed by atoms with Crippen molar-refractivity contribution in [2.75, 3.05) is 27.3 Å². The maximum absolute atomic E-state index is 13.4. The Morgan fingerprint density at radius 3 is 2.26 bits per heavy atom. The van der Waals surface area contributed by atoms with Gasteiger partial charge in [-0.1, -0.05) is 54.6 Å². The molecular weight excluding hydrogens is 452 g/mol. The Morgan fingerprint density at radius 2 is 1.62 bits per heavy atom. The van der Waals surface area contributed by atoms with Crippen LogP contribution in [0, 0.1) is 5.92 Å².